The first kappa shape index (κ1) is 20.0. The molecule has 3 aromatic rings. The van der Waals surface area contributed by atoms with E-state index in [0.29, 0.717) is 42.7 Å². The third kappa shape index (κ3) is 5.14. The van der Waals surface area contributed by atoms with E-state index in [1.54, 1.807) is 24.2 Å². The van der Waals surface area contributed by atoms with Crippen LogP contribution in [0.4, 0.5) is 0 Å². The van der Waals surface area contributed by atoms with E-state index in [4.69, 9.17) is 20.8 Å². The lowest BCUT2D eigenvalue weighted by Crippen LogP contribution is -2.31. The van der Waals surface area contributed by atoms with Crippen LogP contribution < -0.4 is 4.74 Å². The van der Waals surface area contributed by atoms with Crippen LogP contribution in [0.1, 0.15) is 17.9 Å². The molecule has 1 aromatic heterocycles. The van der Waals surface area contributed by atoms with Crippen LogP contribution in [-0.4, -0.2) is 36.0 Å². The summed E-state index contributed by atoms with van der Waals surface area (Å²) in [5, 5.41) is 0.606. The van der Waals surface area contributed by atoms with Gasteiger partial charge in [0.2, 0.25) is 5.91 Å². The number of halogens is 1. The van der Waals surface area contributed by atoms with Gasteiger partial charge < -0.3 is 14.1 Å². The van der Waals surface area contributed by atoms with Crippen molar-refractivity contribution in [1.82, 2.24) is 9.88 Å². The predicted octanol–water partition coefficient (Wildman–Crippen LogP) is 4.77. The number of amides is 1. The Kier molecular flexibility index (Phi) is 6.71. The fourth-order valence-corrected chi connectivity index (χ4v) is 2.98. The van der Waals surface area contributed by atoms with Crippen LogP contribution >= 0.6 is 11.6 Å². The fourth-order valence-electron chi connectivity index (χ4n) is 2.75. The van der Waals surface area contributed by atoms with Gasteiger partial charge in [-0.1, -0.05) is 41.9 Å². The van der Waals surface area contributed by atoms with Gasteiger partial charge in [-0.25, -0.2) is 4.98 Å². The van der Waals surface area contributed by atoms with Crippen LogP contribution in [0.5, 0.6) is 5.75 Å². The Labute approximate surface area is 169 Å². The second-order valence-electron chi connectivity index (χ2n) is 6.53. The maximum atomic E-state index is 12.3. The molecule has 0 bridgehead atoms. The number of oxazole rings is 1. The summed E-state index contributed by atoms with van der Waals surface area (Å²) < 4.78 is 11.5. The number of likely N-dealkylation sites (N-methyl/N-ethyl adjacent to an activating group) is 1. The summed E-state index contributed by atoms with van der Waals surface area (Å²) in [4.78, 5) is 18.3. The minimum Gasteiger partial charge on any atom is -0.491 e. The van der Waals surface area contributed by atoms with E-state index in [0.717, 1.165) is 16.9 Å². The molecule has 0 aliphatic heterocycles. The summed E-state index contributed by atoms with van der Waals surface area (Å²) in [6, 6.07) is 15.3. The summed E-state index contributed by atoms with van der Waals surface area (Å²) in [5.74, 6) is 1.99. The summed E-state index contributed by atoms with van der Waals surface area (Å²) >= 11 is 6.18. The van der Waals surface area contributed by atoms with Gasteiger partial charge in [-0.15, -0.1) is 0 Å². The lowest BCUT2D eigenvalue weighted by atomic mass is 10.2. The third-order valence-electron chi connectivity index (χ3n) is 4.45. The van der Waals surface area contributed by atoms with Crippen LogP contribution in [0.25, 0.3) is 11.3 Å². The molecule has 3 rings (SSSR count). The molecule has 6 heteroatoms. The van der Waals surface area contributed by atoms with E-state index in [-0.39, 0.29) is 5.91 Å². The molecule has 0 saturated heterocycles. The van der Waals surface area contributed by atoms with Crippen molar-refractivity contribution in [3.05, 3.63) is 71.2 Å². The minimum absolute atomic E-state index is 0.0193. The lowest BCUT2D eigenvalue weighted by molar-refractivity contribution is -0.130. The highest BCUT2D eigenvalue weighted by Gasteiger charge is 2.13. The van der Waals surface area contributed by atoms with Gasteiger partial charge in [-0.05, 0) is 30.7 Å². The van der Waals surface area contributed by atoms with Gasteiger partial charge in [-0.2, -0.15) is 0 Å². The minimum atomic E-state index is 0.0193. The highest BCUT2D eigenvalue weighted by molar-refractivity contribution is 6.33. The van der Waals surface area contributed by atoms with Crippen molar-refractivity contribution < 1.29 is 13.9 Å². The maximum Gasteiger partial charge on any atom is 0.222 e. The highest BCUT2D eigenvalue weighted by atomic mass is 35.5. The number of carbonyl (C=O) groups is 1. The van der Waals surface area contributed by atoms with Crippen LogP contribution in [0.3, 0.4) is 0 Å². The normalized spacial score (nSPS) is 10.7. The molecule has 0 saturated carbocycles. The van der Waals surface area contributed by atoms with E-state index in [1.165, 1.54) is 0 Å². The van der Waals surface area contributed by atoms with Crippen molar-refractivity contribution in [1.29, 1.82) is 0 Å². The number of hydrogen-bond acceptors (Lipinski definition) is 4. The quantitative estimate of drug-likeness (QED) is 0.548. The largest absolute Gasteiger partial charge is 0.491 e. The number of aromatic nitrogens is 1. The first-order valence-electron chi connectivity index (χ1n) is 9.16. The Balaban J connectivity index is 1.46. The zero-order valence-electron chi connectivity index (χ0n) is 16.0. The van der Waals surface area contributed by atoms with E-state index in [2.05, 4.69) is 4.98 Å². The van der Waals surface area contributed by atoms with Crippen LogP contribution in [0, 0.1) is 6.92 Å². The van der Waals surface area contributed by atoms with Crippen molar-refractivity contribution in [2.45, 2.75) is 19.8 Å². The molecule has 0 N–H and O–H groups in total. The molecule has 0 fully saturated rings. The molecule has 146 valence electrons. The van der Waals surface area contributed by atoms with Crippen LogP contribution in [0.15, 0.2) is 59.1 Å². The van der Waals surface area contributed by atoms with Crippen molar-refractivity contribution in [3.8, 4) is 17.1 Å². The highest BCUT2D eigenvalue weighted by Crippen LogP contribution is 2.28. The molecule has 0 spiro atoms. The van der Waals surface area contributed by atoms with Gasteiger partial charge in [0.05, 0.1) is 17.8 Å². The number of carbonyl (C=O) groups excluding carboxylic acids is 1. The molecular formula is C22H23ClN2O3. The van der Waals surface area contributed by atoms with Gasteiger partial charge in [0, 0.05) is 25.5 Å². The zero-order chi connectivity index (χ0) is 19.9. The summed E-state index contributed by atoms with van der Waals surface area (Å²) in [5.41, 5.74) is 1.87. The molecule has 5 nitrogen and oxygen atoms in total. The lowest BCUT2D eigenvalue weighted by Gasteiger charge is -2.17. The van der Waals surface area contributed by atoms with Crippen molar-refractivity contribution >= 4 is 17.5 Å². The van der Waals surface area contributed by atoms with Crippen LogP contribution in [0.2, 0.25) is 5.02 Å². The van der Waals surface area contributed by atoms with Crippen molar-refractivity contribution in [3.63, 3.8) is 0 Å². The first-order valence-corrected chi connectivity index (χ1v) is 9.54. The number of para-hydroxylation sites is 1. The zero-order valence-corrected chi connectivity index (χ0v) is 16.8. The number of rotatable bonds is 8. The number of hydrogen-bond donors (Lipinski definition) is 0. The number of aryl methyl sites for hydroxylation is 2. The second-order valence-corrected chi connectivity index (χ2v) is 6.93. The summed E-state index contributed by atoms with van der Waals surface area (Å²) in [6.45, 7) is 2.96. The average molecular weight is 399 g/mol. The van der Waals surface area contributed by atoms with Gasteiger partial charge in [0.25, 0.3) is 0 Å². The fraction of sp³-hybridized carbons (Fsp3) is 0.273. The van der Waals surface area contributed by atoms with Crippen LogP contribution in [-0.2, 0) is 11.2 Å². The smallest absolute Gasteiger partial charge is 0.222 e. The molecule has 0 unspecified atom stereocenters. The Morgan fingerprint density at radius 3 is 2.71 bits per heavy atom. The molecule has 0 atom stereocenters. The SMILES string of the molecule is Cc1ccccc1OCCN(C)C(=O)CCc1ncc(-c2ccccc2Cl)o1. The first-order chi connectivity index (χ1) is 13.5. The van der Waals surface area contributed by atoms with Crippen molar-refractivity contribution in [2.24, 2.45) is 0 Å². The molecule has 1 amide bonds. The monoisotopic (exact) mass is 398 g/mol. The second kappa shape index (κ2) is 9.42. The Morgan fingerprint density at radius 2 is 1.93 bits per heavy atom. The van der Waals surface area contributed by atoms with E-state index >= 15 is 0 Å². The number of nitrogens with zero attached hydrogens (tertiary/aromatic N) is 2. The predicted molar refractivity (Wildman–Crippen MR) is 110 cm³/mol. The molecule has 0 radical (unpaired) electrons. The number of ether oxygens (including phenoxy) is 1. The Morgan fingerprint density at radius 1 is 1.18 bits per heavy atom. The summed E-state index contributed by atoms with van der Waals surface area (Å²) in [6.07, 6.45) is 2.40. The Hall–Kier alpha value is -2.79. The Bertz CT molecular complexity index is 939. The molecule has 28 heavy (non-hydrogen) atoms. The molecule has 0 aliphatic rings. The number of benzene rings is 2. The van der Waals surface area contributed by atoms with Gasteiger partial charge in [0.15, 0.2) is 11.7 Å². The van der Waals surface area contributed by atoms with E-state index in [9.17, 15) is 4.79 Å². The maximum absolute atomic E-state index is 12.3. The average Bonchev–Trinajstić information content (AvgIpc) is 3.16. The molecule has 1 heterocycles. The van der Waals surface area contributed by atoms with Gasteiger partial charge in [0.1, 0.15) is 12.4 Å². The molecular weight excluding hydrogens is 376 g/mol. The van der Waals surface area contributed by atoms with Crippen molar-refractivity contribution in [2.75, 3.05) is 20.2 Å². The summed E-state index contributed by atoms with van der Waals surface area (Å²) in [7, 11) is 1.77. The molecule has 0 aliphatic carbocycles. The van der Waals surface area contributed by atoms with E-state index in [1.807, 2.05) is 49.4 Å². The molecule has 2 aromatic carbocycles. The van der Waals surface area contributed by atoms with Gasteiger partial charge >= 0.3 is 0 Å². The third-order valence-corrected chi connectivity index (χ3v) is 4.78. The van der Waals surface area contributed by atoms with E-state index < -0.39 is 0 Å². The topological polar surface area (TPSA) is 55.6 Å². The standard InChI is InChI=1S/C22H23ClN2O3/c1-16-7-3-6-10-19(16)27-14-13-25(2)22(26)12-11-21-24-15-20(28-21)17-8-4-5-9-18(17)23/h3-10,15H,11-14H2,1-2H3. The van der Waals surface area contributed by atoms with Gasteiger partial charge in [-0.3, -0.25) is 4.79 Å².